The zero-order valence-corrected chi connectivity index (χ0v) is 13.8. The molecule has 2 aromatic rings. The van der Waals surface area contributed by atoms with E-state index in [2.05, 4.69) is 10.3 Å². The van der Waals surface area contributed by atoms with Crippen LogP contribution in [0.5, 0.6) is 0 Å². The smallest absolute Gasteiger partial charge is 0.251 e. The average Bonchev–Trinajstić information content (AvgIpc) is 3.11. The van der Waals surface area contributed by atoms with E-state index in [1.165, 1.54) is 0 Å². The van der Waals surface area contributed by atoms with Crippen LogP contribution in [0.15, 0.2) is 35.2 Å². The Kier molecular flexibility index (Phi) is 5.69. The number of hydrogen-bond donors (Lipinski definition) is 2. The molecule has 5 heteroatoms. The first-order chi connectivity index (χ1) is 10.6. The number of nitrogens with zero attached hydrogens (tertiary/aromatic N) is 1. The first-order valence-electron chi connectivity index (χ1n) is 7.52. The molecule has 4 nitrogen and oxygen atoms in total. The summed E-state index contributed by atoms with van der Waals surface area (Å²) in [5, 5.41) is 14.5. The molecule has 0 aliphatic carbocycles. The van der Waals surface area contributed by atoms with Crippen LogP contribution in [0.25, 0.3) is 11.3 Å². The first kappa shape index (κ1) is 16.6. The highest BCUT2D eigenvalue weighted by Gasteiger charge is 2.25. The minimum Gasteiger partial charge on any atom is -0.396 e. The fourth-order valence-electron chi connectivity index (χ4n) is 2.30. The van der Waals surface area contributed by atoms with E-state index >= 15 is 0 Å². The molecule has 0 saturated heterocycles. The second-order valence-corrected chi connectivity index (χ2v) is 6.22. The van der Waals surface area contributed by atoms with Gasteiger partial charge in [-0.25, -0.2) is 4.98 Å². The molecule has 0 bridgehead atoms. The molecule has 1 aromatic heterocycles. The van der Waals surface area contributed by atoms with Crippen molar-refractivity contribution in [2.75, 3.05) is 13.2 Å². The number of amides is 1. The van der Waals surface area contributed by atoms with Crippen LogP contribution in [-0.4, -0.2) is 29.1 Å². The van der Waals surface area contributed by atoms with Gasteiger partial charge in [-0.2, -0.15) is 0 Å². The molecule has 1 heterocycles. The number of carbonyl (C=O) groups excluding carboxylic acids is 1. The molecular formula is C17H22N2O2S. The Hall–Kier alpha value is -1.72. The highest BCUT2D eigenvalue weighted by molar-refractivity contribution is 7.07. The van der Waals surface area contributed by atoms with Gasteiger partial charge in [-0.05, 0) is 25.0 Å². The van der Waals surface area contributed by atoms with Gasteiger partial charge in [0.05, 0.1) is 17.8 Å². The zero-order chi connectivity index (χ0) is 16.0. The fraction of sp³-hybridized carbons (Fsp3) is 0.412. The summed E-state index contributed by atoms with van der Waals surface area (Å²) in [6, 6.07) is 7.43. The molecule has 1 amide bonds. The Morgan fingerprint density at radius 2 is 1.95 bits per heavy atom. The van der Waals surface area contributed by atoms with Crippen molar-refractivity contribution in [3.05, 3.63) is 40.7 Å². The minimum absolute atomic E-state index is 0.0864. The van der Waals surface area contributed by atoms with Gasteiger partial charge < -0.3 is 10.4 Å². The normalized spacial score (nSPS) is 11.4. The van der Waals surface area contributed by atoms with Gasteiger partial charge >= 0.3 is 0 Å². The summed E-state index contributed by atoms with van der Waals surface area (Å²) in [6.07, 6.45) is 1.67. The van der Waals surface area contributed by atoms with E-state index in [0.717, 1.165) is 24.1 Å². The molecule has 22 heavy (non-hydrogen) atoms. The Morgan fingerprint density at radius 3 is 2.45 bits per heavy atom. The standard InChI is InChI=1S/C17H22N2O2S/c1-3-17(4-2,11-20)10-18-16(21)14-7-5-13(6-8-14)15-9-22-12-19-15/h5-9,12,20H,3-4,10-11H2,1-2H3,(H,18,21). The molecule has 0 aliphatic heterocycles. The van der Waals surface area contributed by atoms with Crippen LogP contribution in [0, 0.1) is 5.41 Å². The van der Waals surface area contributed by atoms with Crippen LogP contribution in [0.4, 0.5) is 0 Å². The van der Waals surface area contributed by atoms with Gasteiger partial charge in [0.15, 0.2) is 0 Å². The van der Waals surface area contributed by atoms with Crippen LogP contribution >= 0.6 is 11.3 Å². The lowest BCUT2D eigenvalue weighted by Crippen LogP contribution is -2.39. The van der Waals surface area contributed by atoms with Crippen molar-refractivity contribution in [1.29, 1.82) is 0 Å². The predicted molar refractivity (Wildman–Crippen MR) is 90.0 cm³/mol. The molecule has 0 unspecified atom stereocenters. The van der Waals surface area contributed by atoms with E-state index in [0.29, 0.717) is 12.1 Å². The van der Waals surface area contributed by atoms with Gasteiger partial charge in [-0.3, -0.25) is 4.79 Å². The number of rotatable bonds is 7. The second-order valence-electron chi connectivity index (χ2n) is 5.50. The van der Waals surface area contributed by atoms with Gasteiger partial charge in [0.25, 0.3) is 5.91 Å². The number of thiazole rings is 1. The third-order valence-electron chi connectivity index (χ3n) is 4.33. The second kappa shape index (κ2) is 7.51. The summed E-state index contributed by atoms with van der Waals surface area (Å²) in [4.78, 5) is 16.5. The third kappa shape index (κ3) is 3.72. The summed E-state index contributed by atoms with van der Waals surface area (Å²) in [6.45, 7) is 4.65. The number of aliphatic hydroxyl groups excluding tert-OH is 1. The molecular weight excluding hydrogens is 296 g/mol. The Morgan fingerprint density at radius 1 is 1.27 bits per heavy atom. The van der Waals surface area contributed by atoms with Gasteiger partial charge in [0, 0.05) is 28.5 Å². The molecule has 0 atom stereocenters. The van der Waals surface area contributed by atoms with E-state index < -0.39 is 0 Å². The van der Waals surface area contributed by atoms with Crippen LogP contribution in [-0.2, 0) is 0 Å². The summed E-state index contributed by atoms with van der Waals surface area (Å²) >= 11 is 1.55. The van der Waals surface area contributed by atoms with Gasteiger partial charge in [-0.15, -0.1) is 11.3 Å². The molecule has 0 radical (unpaired) electrons. The van der Waals surface area contributed by atoms with E-state index in [4.69, 9.17) is 0 Å². The van der Waals surface area contributed by atoms with Crippen molar-refractivity contribution in [1.82, 2.24) is 10.3 Å². The topological polar surface area (TPSA) is 62.2 Å². The van der Waals surface area contributed by atoms with Crippen LogP contribution in [0.2, 0.25) is 0 Å². The summed E-state index contributed by atoms with van der Waals surface area (Å²) in [7, 11) is 0. The average molecular weight is 318 g/mol. The largest absolute Gasteiger partial charge is 0.396 e. The van der Waals surface area contributed by atoms with Gasteiger partial charge in [0.2, 0.25) is 0 Å². The quantitative estimate of drug-likeness (QED) is 0.823. The first-order valence-corrected chi connectivity index (χ1v) is 8.46. The number of nitrogens with one attached hydrogen (secondary N) is 1. The molecule has 2 rings (SSSR count). The zero-order valence-electron chi connectivity index (χ0n) is 13.0. The van der Waals surface area contributed by atoms with Crippen molar-refractivity contribution < 1.29 is 9.90 Å². The third-order valence-corrected chi connectivity index (χ3v) is 4.92. The molecule has 1 aromatic carbocycles. The maximum absolute atomic E-state index is 12.2. The molecule has 2 N–H and O–H groups in total. The van der Waals surface area contributed by atoms with Crippen molar-refractivity contribution in [2.45, 2.75) is 26.7 Å². The number of aromatic nitrogens is 1. The van der Waals surface area contributed by atoms with Gasteiger partial charge in [-0.1, -0.05) is 26.0 Å². The maximum atomic E-state index is 12.2. The van der Waals surface area contributed by atoms with Crippen LogP contribution < -0.4 is 5.32 Å². The van der Waals surface area contributed by atoms with Crippen molar-refractivity contribution in [3.8, 4) is 11.3 Å². The van der Waals surface area contributed by atoms with Gasteiger partial charge in [0.1, 0.15) is 0 Å². The Bertz CT molecular complexity index is 581. The Balaban J connectivity index is 2.01. The Labute approximate surface area is 135 Å². The summed E-state index contributed by atoms with van der Waals surface area (Å²) in [5.41, 5.74) is 4.12. The molecule has 0 spiro atoms. The number of aliphatic hydroxyl groups is 1. The SMILES string of the molecule is CCC(CC)(CO)CNC(=O)c1ccc(-c2cscn2)cc1. The highest BCUT2D eigenvalue weighted by atomic mass is 32.1. The lowest BCUT2D eigenvalue weighted by Gasteiger charge is -2.29. The fourth-order valence-corrected chi connectivity index (χ4v) is 2.86. The molecule has 0 fully saturated rings. The van der Waals surface area contributed by atoms with Crippen molar-refractivity contribution >= 4 is 17.2 Å². The van der Waals surface area contributed by atoms with E-state index in [1.54, 1.807) is 16.8 Å². The molecule has 118 valence electrons. The van der Waals surface area contributed by atoms with Crippen molar-refractivity contribution in [2.24, 2.45) is 5.41 Å². The molecule has 0 aliphatic rings. The summed E-state index contributed by atoms with van der Waals surface area (Å²) in [5.74, 6) is -0.107. The number of benzene rings is 1. The lowest BCUT2D eigenvalue weighted by molar-refractivity contribution is 0.0851. The van der Waals surface area contributed by atoms with Crippen molar-refractivity contribution in [3.63, 3.8) is 0 Å². The number of carbonyl (C=O) groups is 1. The number of hydrogen-bond acceptors (Lipinski definition) is 4. The highest BCUT2D eigenvalue weighted by Crippen LogP contribution is 2.24. The van der Waals surface area contributed by atoms with E-state index in [-0.39, 0.29) is 17.9 Å². The van der Waals surface area contributed by atoms with Crippen LogP contribution in [0.1, 0.15) is 37.0 Å². The predicted octanol–water partition coefficient (Wildman–Crippen LogP) is 3.34. The maximum Gasteiger partial charge on any atom is 0.251 e. The minimum atomic E-state index is -0.226. The summed E-state index contributed by atoms with van der Waals surface area (Å²) < 4.78 is 0. The molecule has 0 saturated carbocycles. The van der Waals surface area contributed by atoms with Crippen LogP contribution in [0.3, 0.4) is 0 Å². The van der Waals surface area contributed by atoms with E-state index in [9.17, 15) is 9.90 Å². The van der Waals surface area contributed by atoms with E-state index in [1.807, 2.05) is 43.5 Å². The lowest BCUT2D eigenvalue weighted by atomic mass is 9.83. The monoisotopic (exact) mass is 318 g/mol.